The van der Waals surface area contributed by atoms with Crippen LogP contribution in [0.3, 0.4) is 0 Å². The van der Waals surface area contributed by atoms with E-state index in [1.807, 2.05) is 0 Å². The van der Waals surface area contributed by atoms with E-state index in [1.54, 1.807) is 24.3 Å². The molecule has 0 radical (unpaired) electrons. The molecule has 180 valence electrons. The van der Waals surface area contributed by atoms with E-state index in [0.717, 1.165) is 0 Å². The summed E-state index contributed by atoms with van der Waals surface area (Å²) in [7, 11) is 0. The fourth-order valence-corrected chi connectivity index (χ4v) is 3.82. The van der Waals surface area contributed by atoms with Gasteiger partial charge in [0.05, 0.1) is 11.1 Å². The van der Waals surface area contributed by atoms with Gasteiger partial charge in [0.25, 0.3) is 0 Å². The minimum absolute atomic E-state index is 0.153. The zero-order chi connectivity index (χ0) is 25.2. The number of nitrogen functional groups attached to an aromatic ring is 4. The summed E-state index contributed by atoms with van der Waals surface area (Å²) in [6.45, 7) is 0. The van der Waals surface area contributed by atoms with Gasteiger partial charge >= 0.3 is 0 Å². The van der Waals surface area contributed by atoms with Crippen molar-refractivity contribution < 1.29 is 9.47 Å². The highest BCUT2D eigenvalue weighted by molar-refractivity contribution is 6.03. The minimum Gasteiger partial charge on any atom is -0.488 e. The van der Waals surface area contributed by atoms with E-state index < -0.39 is 24.3 Å². The Bertz CT molecular complexity index is 1060. The van der Waals surface area contributed by atoms with Crippen LogP contribution < -0.4 is 43.9 Å². The Balaban J connectivity index is 1.85. The van der Waals surface area contributed by atoms with Crippen molar-refractivity contribution in [3.8, 4) is 11.5 Å². The molecule has 1 fully saturated rings. The average Bonchev–Trinajstić information content (AvgIpc) is 2.76. The molecule has 12 nitrogen and oxygen atoms in total. The molecule has 0 aliphatic heterocycles. The van der Waals surface area contributed by atoms with E-state index >= 15 is 0 Å². The highest BCUT2D eigenvalue weighted by Gasteiger charge is 2.37. The molecular weight excluding hydrogens is 436 g/mol. The summed E-state index contributed by atoms with van der Waals surface area (Å²) in [6.07, 6.45) is -0.302. The molecule has 3 rings (SSSR count). The van der Waals surface area contributed by atoms with Gasteiger partial charge in [-0.1, -0.05) is 0 Å². The van der Waals surface area contributed by atoms with Crippen LogP contribution in [0, 0.1) is 21.6 Å². The summed E-state index contributed by atoms with van der Waals surface area (Å²) >= 11 is 0. The maximum absolute atomic E-state index is 7.87. The molecule has 0 unspecified atom stereocenters. The second-order valence-electron chi connectivity index (χ2n) is 8.19. The van der Waals surface area contributed by atoms with Crippen molar-refractivity contribution in [3.63, 3.8) is 0 Å². The molecule has 0 heterocycles. The monoisotopic (exact) mass is 466 g/mol. The predicted molar refractivity (Wildman–Crippen MR) is 131 cm³/mol. The second-order valence-corrected chi connectivity index (χ2v) is 8.19. The van der Waals surface area contributed by atoms with Gasteiger partial charge in [0.2, 0.25) is 0 Å². The van der Waals surface area contributed by atoms with Gasteiger partial charge < -0.3 is 43.9 Å². The maximum atomic E-state index is 7.87. The first-order valence-corrected chi connectivity index (χ1v) is 10.5. The lowest BCUT2D eigenvalue weighted by Crippen LogP contribution is -2.56. The van der Waals surface area contributed by atoms with Crippen molar-refractivity contribution >= 4 is 23.3 Å². The Kier molecular flexibility index (Phi) is 7.03. The molecule has 2 aromatic carbocycles. The van der Waals surface area contributed by atoms with Crippen molar-refractivity contribution in [1.29, 1.82) is 21.6 Å². The first-order chi connectivity index (χ1) is 16.0. The number of nitrogens with one attached hydrogen (secondary N) is 4. The van der Waals surface area contributed by atoms with Crippen molar-refractivity contribution in [1.82, 2.24) is 0 Å². The molecule has 0 aromatic heterocycles. The van der Waals surface area contributed by atoms with Gasteiger partial charge in [-0.2, -0.15) is 0 Å². The Morgan fingerprint density at radius 1 is 0.618 bits per heavy atom. The smallest absolute Gasteiger partial charge is 0.130 e. The van der Waals surface area contributed by atoms with E-state index in [1.165, 1.54) is 12.1 Å². The van der Waals surface area contributed by atoms with E-state index in [9.17, 15) is 0 Å². The van der Waals surface area contributed by atoms with Gasteiger partial charge in [-0.15, -0.1) is 0 Å². The lowest BCUT2D eigenvalue weighted by atomic mass is 9.86. The largest absolute Gasteiger partial charge is 0.488 e. The van der Waals surface area contributed by atoms with Crippen LogP contribution in [-0.2, 0) is 0 Å². The number of hydrogen-bond donors (Lipinski definition) is 10. The zero-order valence-electron chi connectivity index (χ0n) is 18.5. The maximum Gasteiger partial charge on any atom is 0.130 e. The molecule has 0 bridgehead atoms. The van der Waals surface area contributed by atoms with Crippen LogP contribution in [0.1, 0.15) is 35.1 Å². The molecule has 16 N–H and O–H groups in total. The minimum atomic E-state index is -0.511. The van der Waals surface area contributed by atoms with Gasteiger partial charge in [0.15, 0.2) is 0 Å². The first kappa shape index (κ1) is 24.5. The Morgan fingerprint density at radius 3 is 1.32 bits per heavy atom. The quantitative estimate of drug-likeness (QED) is 0.178. The molecule has 1 aliphatic rings. The molecule has 12 heteroatoms. The molecule has 4 atom stereocenters. The number of ether oxygens (including phenoxy) is 2. The number of amidine groups is 4. The molecule has 1 saturated carbocycles. The van der Waals surface area contributed by atoms with Crippen molar-refractivity contribution in [2.75, 3.05) is 0 Å². The van der Waals surface area contributed by atoms with Crippen LogP contribution in [0.5, 0.6) is 11.5 Å². The topological polar surface area (TPSA) is 270 Å². The Morgan fingerprint density at radius 2 is 1.00 bits per heavy atom. The van der Waals surface area contributed by atoms with Crippen LogP contribution in [0.4, 0.5) is 0 Å². The number of hydrogen-bond acceptors (Lipinski definition) is 8. The Hall–Kier alpha value is -4.16. The lowest BCUT2D eigenvalue weighted by molar-refractivity contribution is 0.0403. The number of rotatable bonds is 8. The zero-order valence-corrected chi connectivity index (χ0v) is 18.5. The van der Waals surface area contributed by atoms with Crippen molar-refractivity contribution in [2.24, 2.45) is 34.4 Å². The van der Waals surface area contributed by atoms with Crippen LogP contribution in [0.15, 0.2) is 36.4 Å². The standard InChI is InChI=1S/C22H30N10O2/c23-13-7-14(24)18(34-16-4-2-10(20(27)28)6-12(16)22(31)32)8-17(13)33-15-3-1-9(19(25)26)5-11(15)21(29)30/h1-6,13-14,17-18H,7-8,23-24H2,(H3,25,26)(H3,27,28)(H3,29,30)(H3,31,32)/t13-,14+,17-,18+. The SMILES string of the molecule is N=C(N)c1ccc(O[C@H]2C[C@@H](Oc3ccc(C(=N)N)cc3C(=N)N)[C@H](N)C[C@@H]2N)c(C(=N)N)c1. The van der Waals surface area contributed by atoms with Gasteiger partial charge in [-0.3, -0.25) is 21.6 Å². The third-order valence-electron chi connectivity index (χ3n) is 5.68. The summed E-state index contributed by atoms with van der Waals surface area (Å²) in [5, 5.41) is 30.9. The predicted octanol–water partition coefficient (Wildman–Crippen LogP) is -0.534. The van der Waals surface area contributed by atoms with Crippen LogP contribution in [0.25, 0.3) is 0 Å². The lowest BCUT2D eigenvalue weighted by Gasteiger charge is -2.38. The van der Waals surface area contributed by atoms with E-state index in [4.69, 9.17) is 65.5 Å². The average molecular weight is 467 g/mol. The number of nitrogens with two attached hydrogens (primary N) is 6. The summed E-state index contributed by atoms with van der Waals surface area (Å²) < 4.78 is 12.3. The third-order valence-corrected chi connectivity index (χ3v) is 5.68. The van der Waals surface area contributed by atoms with Gasteiger partial charge in [0, 0.05) is 29.6 Å². The molecular formula is C22H30N10O2. The highest BCUT2D eigenvalue weighted by Crippen LogP contribution is 2.30. The Labute approximate surface area is 196 Å². The third kappa shape index (κ3) is 5.24. The van der Waals surface area contributed by atoms with Crippen LogP contribution in [-0.4, -0.2) is 47.6 Å². The van der Waals surface area contributed by atoms with Gasteiger partial charge in [-0.05, 0) is 42.8 Å². The van der Waals surface area contributed by atoms with Crippen molar-refractivity contribution in [2.45, 2.75) is 37.1 Å². The number of benzene rings is 2. The van der Waals surface area contributed by atoms with Crippen LogP contribution in [0.2, 0.25) is 0 Å². The normalized spacial score (nSPS) is 21.9. The molecule has 1 aliphatic carbocycles. The van der Waals surface area contributed by atoms with E-state index in [-0.39, 0.29) is 23.3 Å². The molecule has 0 spiro atoms. The van der Waals surface area contributed by atoms with E-state index in [0.29, 0.717) is 46.6 Å². The molecule has 34 heavy (non-hydrogen) atoms. The van der Waals surface area contributed by atoms with Crippen LogP contribution >= 0.6 is 0 Å². The molecule has 0 saturated heterocycles. The highest BCUT2D eigenvalue weighted by atomic mass is 16.5. The summed E-state index contributed by atoms with van der Waals surface area (Å²) in [5.74, 6) is -0.100. The summed E-state index contributed by atoms with van der Waals surface area (Å²) in [5.41, 5.74) is 36.6. The fraction of sp³-hybridized carbons (Fsp3) is 0.273. The summed E-state index contributed by atoms with van der Waals surface area (Å²) in [4.78, 5) is 0. The van der Waals surface area contributed by atoms with E-state index in [2.05, 4.69) is 0 Å². The second kappa shape index (κ2) is 9.77. The molecule has 0 amide bonds. The fourth-order valence-electron chi connectivity index (χ4n) is 3.82. The van der Waals surface area contributed by atoms with Gasteiger partial charge in [-0.25, -0.2) is 0 Å². The summed E-state index contributed by atoms with van der Waals surface area (Å²) in [6, 6.07) is 8.62. The first-order valence-electron chi connectivity index (χ1n) is 10.5. The molecule has 2 aromatic rings. The van der Waals surface area contributed by atoms with Crippen molar-refractivity contribution in [3.05, 3.63) is 58.7 Å². The van der Waals surface area contributed by atoms with Gasteiger partial charge in [0.1, 0.15) is 47.0 Å².